The summed E-state index contributed by atoms with van der Waals surface area (Å²) in [6.07, 6.45) is 0. The predicted octanol–water partition coefficient (Wildman–Crippen LogP) is 0.258. The molecule has 0 saturated heterocycles. The lowest BCUT2D eigenvalue weighted by Crippen LogP contribution is -1.96. The van der Waals surface area contributed by atoms with Gasteiger partial charge in [-0.2, -0.15) is 5.26 Å². The van der Waals surface area contributed by atoms with Gasteiger partial charge in [-0.1, -0.05) is 0 Å². The molecule has 3 nitrogen and oxygen atoms in total. The Morgan fingerprint density at radius 3 is 2.29 bits per heavy atom. The molecule has 0 aromatic heterocycles. The van der Waals surface area contributed by atoms with Crippen LogP contribution in [0.4, 0.5) is 0 Å². The SMILES string of the molecule is C/C(C#N)=C(\N)O. The topological polar surface area (TPSA) is 70.0 Å². The molecule has 0 aromatic carbocycles. The van der Waals surface area contributed by atoms with Crippen molar-refractivity contribution in [2.24, 2.45) is 5.73 Å². The van der Waals surface area contributed by atoms with Gasteiger partial charge >= 0.3 is 0 Å². The lowest BCUT2D eigenvalue weighted by atomic mass is 10.4. The van der Waals surface area contributed by atoms with Crippen LogP contribution < -0.4 is 5.73 Å². The van der Waals surface area contributed by atoms with Crippen molar-refractivity contribution < 1.29 is 5.11 Å². The van der Waals surface area contributed by atoms with Crippen LogP contribution in [0.2, 0.25) is 0 Å². The van der Waals surface area contributed by atoms with Crippen molar-refractivity contribution in [1.29, 1.82) is 5.26 Å². The second-order valence-electron chi connectivity index (χ2n) is 1.12. The minimum absolute atomic E-state index is 0.153. The fourth-order valence-corrected chi connectivity index (χ4v) is 0.0573. The maximum atomic E-state index is 8.26. The second-order valence-corrected chi connectivity index (χ2v) is 1.12. The van der Waals surface area contributed by atoms with Crippen molar-refractivity contribution in [3.05, 3.63) is 11.5 Å². The molecule has 38 valence electrons. The van der Waals surface area contributed by atoms with Crippen molar-refractivity contribution in [3.8, 4) is 6.07 Å². The zero-order valence-corrected chi connectivity index (χ0v) is 3.97. The van der Waals surface area contributed by atoms with Crippen molar-refractivity contribution in [3.63, 3.8) is 0 Å². The van der Waals surface area contributed by atoms with Crippen LogP contribution in [0, 0.1) is 11.3 Å². The van der Waals surface area contributed by atoms with Gasteiger partial charge in [-0.15, -0.1) is 0 Å². The summed E-state index contributed by atoms with van der Waals surface area (Å²) in [5, 5.41) is 16.2. The maximum absolute atomic E-state index is 8.26. The first-order valence-electron chi connectivity index (χ1n) is 1.74. The molecule has 0 spiro atoms. The first-order valence-corrected chi connectivity index (χ1v) is 1.74. The molecule has 7 heavy (non-hydrogen) atoms. The Bertz CT molecular complexity index is 127. The van der Waals surface area contributed by atoms with E-state index in [1.165, 1.54) is 6.92 Å². The van der Waals surface area contributed by atoms with Crippen LogP contribution in [0.15, 0.2) is 11.5 Å². The van der Waals surface area contributed by atoms with E-state index < -0.39 is 5.88 Å². The van der Waals surface area contributed by atoms with Crippen molar-refractivity contribution in [1.82, 2.24) is 0 Å². The van der Waals surface area contributed by atoms with Crippen molar-refractivity contribution in [2.75, 3.05) is 0 Å². The highest BCUT2D eigenvalue weighted by molar-refractivity contribution is 5.18. The summed E-state index contributed by atoms with van der Waals surface area (Å²) in [4.78, 5) is 0. The molecule has 3 heteroatoms. The number of rotatable bonds is 0. The number of nitrogens with two attached hydrogens (primary N) is 1. The third-order valence-corrected chi connectivity index (χ3v) is 0.552. The number of nitrogens with zero attached hydrogens (tertiary/aromatic N) is 1. The molecule has 3 N–H and O–H groups in total. The van der Waals surface area contributed by atoms with E-state index in [0.29, 0.717) is 0 Å². The smallest absolute Gasteiger partial charge is 0.195 e. The highest BCUT2D eigenvalue weighted by Gasteiger charge is 1.87. The summed E-state index contributed by atoms with van der Waals surface area (Å²) < 4.78 is 0. The predicted molar refractivity (Wildman–Crippen MR) is 25.1 cm³/mol. The number of allylic oxidation sites excluding steroid dienone is 1. The van der Waals surface area contributed by atoms with Crippen LogP contribution >= 0.6 is 0 Å². The minimum Gasteiger partial charge on any atom is -0.494 e. The average Bonchev–Trinajstić information content (AvgIpc) is 1.65. The third-order valence-electron chi connectivity index (χ3n) is 0.552. The summed E-state index contributed by atoms with van der Waals surface area (Å²) in [5.41, 5.74) is 4.91. The average molecular weight is 98.1 g/mol. The Kier molecular flexibility index (Phi) is 1.74. The molecule has 0 aromatic rings. The lowest BCUT2D eigenvalue weighted by Gasteiger charge is -1.84. The van der Waals surface area contributed by atoms with Gasteiger partial charge in [0.05, 0.1) is 11.6 Å². The summed E-state index contributed by atoms with van der Waals surface area (Å²) >= 11 is 0. The normalized spacial score (nSPS) is 12.0. The van der Waals surface area contributed by atoms with Gasteiger partial charge in [0, 0.05) is 0 Å². The van der Waals surface area contributed by atoms with Crippen LogP contribution in [0.1, 0.15) is 6.92 Å². The van der Waals surface area contributed by atoms with Crippen LogP contribution in [0.5, 0.6) is 0 Å². The Hall–Kier alpha value is -1.17. The highest BCUT2D eigenvalue weighted by atomic mass is 16.3. The van der Waals surface area contributed by atoms with E-state index in [1.807, 2.05) is 0 Å². The zero-order chi connectivity index (χ0) is 5.86. The Labute approximate surface area is 41.7 Å². The third kappa shape index (κ3) is 1.66. The zero-order valence-electron chi connectivity index (χ0n) is 3.97. The molecule has 0 aliphatic carbocycles. The Balaban J connectivity index is 4.07. The van der Waals surface area contributed by atoms with Crippen LogP contribution in [0.3, 0.4) is 0 Å². The van der Waals surface area contributed by atoms with E-state index >= 15 is 0 Å². The Morgan fingerprint density at radius 1 is 1.86 bits per heavy atom. The van der Waals surface area contributed by atoms with Gasteiger partial charge in [0.15, 0.2) is 5.88 Å². The molecule has 0 aliphatic heterocycles. The van der Waals surface area contributed by atoms with E-state index in [1.54, 1.807) is 6.07 Å². The highest BCUT2D eigenvalue weighted by Crippen LogP contribution is 1.88. The molecule has 0 rings (SSSR count). The van der Waals surface area contributed by atoms with E-state index in [4.69, 9.17) is 16.1 Å². The molecule has 0 fully saturated rings. The summed E-state index contributed by atoms with van der Waals surface area (Å²) in [5.74, 6) is -0.400. The van der Waals surface area contributed by atoms with Crippen LogP contribution in [-0.2, 0) is 0 Å². The van der Waals surface area contributed by atoms with E-state index in [9.17, 15) is 0 Å². The molecule has 0 heterocycles. The van der Waals surface area contributed by atoms with Crippen molar-refractivity contribution >= 4 is 0 Å². The van der Waals surface area contributed by atoms with Gasteiger partial charge < -0.3 is 10.8 Å². The van der Waals surface area contributed by atoms with Crippen LogP contribution in [0.25, 0.3) is 0 Å². The molecular weight excluding hydrogens is 92.1 g/mol. The molecule has 0 bridgehead atoms. The number of hydrogen-bond acceptors (Lipinski definition) is 3. The maximum Gasteiger partial charge on any atom is 0.195 e. The fourth-order valence-electron chi connectivity index (χ4n) is 0.0573. The van der Waals surface area contributed by atoms with Gasteiger partial charge in [0.1, 0.15) is 0 Å². The Morgan fingerprint density at radius 2 is 2.29 bits per heavy atom. The monoisotopic (exact) mass is 98.0 g/mol. The summed E-state index contributed by atoms with van der Waals surface area (Å²) in [6, 6.07) is 1.67. The minimum atomic E-state index is -0.400. The standard InChI is InChI=1S/C4H6N2O/c1-3(2-5)4(6)7/h7H,6H2,1H3/b4-3-. The number of aliphatic hydroxyl groups is 1. The van der Waals surface area contributed by atoms with E-state index in [2.05, 4.69) is 0 Å². The molecule has 0 radical (unpaired) electrons. The fraction of sp³-hybridized carbons (Fsp3) is 0.250. The van der Waals surface area contributed by atoms with E-state index in [-0.39, 0.29) is 5.57 Å². The number of hydrogen-bond donors (Lipinski definition) is 2. The van der Waals surface area contributed by atoms with Gasteiger partial charge in [-0.05, 0) is 6.92 Å². The first-order chi connectivity index (χ1) is 3.18. The van der Waals surface area contributed by atoms with Gasteiger partial charge in [0.25, 0.3) is 0 Å². The quantitative estimate of drug-likeness (QED) is 0.337. The van der Waals surface area contributed by atoms with Gasteiger partial charge in [-0.25, -0.2) is 0 Å². The number of aliphatic hydroxyl groups excluding tert-OH is 1. The molecule has 0 amide bonds. The summed E-state index contributed by atoms with van der Waals surface area (Å²) in [7, 11) is 0. The molecule has 0 atom stereocenters. The summed E-state index contributed by atoms with van der Waals surface area (Å²) in [6.45, 7) is 1.44. The lowest BCUT2D eigenvalue weighted by molar-refractivity contribution is 0.401. The second kappa shape index (κ2) is 2.08. The van der Waals surface area contributed by atoms with Crippen LogP contribution in [-0.4, -0.2) is 5.11 Å². The van der Waals surface area contributed by atoms with Gasteiger partial charge in [-0.3, -0.25) is 0 Å². The number of nitriles is 1. The molecule has 0 aliphatic rings. The largest absolute Gasteiger partial charge is 0.494 e. The molecule has 0 unspecified atom stereocenters. The first kappa shape index (κ1) is 5.83. The van der Waals surface area contributed by atoms with E-state index in [0.717, 1.165) is 0 Å². The van der Waals surface area contributed by atoms with Crippen molar-refractivity contribution in [2.45, 2.75) is 6.92 Å². The van der Waals surface area contributed by atoms with Gasteiger partial charge in [0.2, 0.25) is 0 Å². The molecule has 0 saturated carbocycles. The molecular formula is C4H6N2O.